The lowest BCUT2D eigenvalue weighted by Crippen LogP contribution is -2.21. The second-order valence-corrected chi connectivity index (χ2v) is 6.78. The standard InChI is InChI=1S/C17H17F2N5O/c1-10(25)23-14-5-12-11(7-20-14)17(3-4-17)8-24(12)15-6-13(16(2,18)19)21-9-22-15/h5-7,9H,3-4,8H2,1-2H3,(H,20,23,25). The van der Waals surface area contributed by atoms with E-state index in [4.69, 9.17) is 0 Å². The molecule has 1 N–H and O–H groups in total. The molecule has 0 atom stereocenters. The molecule has 1 saturated carbocycles. The van der Waals surface area contributed by atoms with Crippen molar-refractivity contribution in [3.63, 3.8) is 0 Å². The van der Waals surface area contributed by atoms with E-state index in [9.17, 15) is 13.6 Å². The fraction of sp³-hybridized carbons (Fsp3) is 0.412. The van der Waals surface area contributed by atoms with E-state index in [1.807, 2.05) is 4.90 Å². The van der Waals surface area contributed by atoms with Gasteiger partial charge in [0.05, 0.1) is 5.69 Å². The van der Waals surface area contributed by atoms with E-state index in [2.05, 4.69) is 20.3 Å². The summed E-state index contributed by atoms with van der Waals surface area (Å²) in [5, 5.41) is 2.66. The highest BCUT2D eigenvalue weighted by molar-refractivity contribution is 5.89. The molecule has 6 nitrogen and oxygen atoms in total. The average Bonchev–Trinajstić information content (AvgIpc) is 3.24. The summed E-state index contributed by atoms with van der Waals surface area (Å²) in [6, 6.07) is 3.10. The largest absolute Gasteiger partial charge is 0.325 e. The summed E-state index contributed by atoms with van der Waals surface area (Å²) in [5.41, 5.74) is 1.62. The number of amides is 1. The van der Waals surface area contributed by atoms with Crippen LogP contribution in [0.3, 0.4) is 0 Å². The van der Waals surface area contributed by atoms with Crippen molar-refractivity contribution in [2.45, 2.75) is 38.0 Å². The summed E-state index contributed by atoms with van der Waals surface area (Å²) in [6.45, 7) is 2.90. The summed E-state index contributed by atoms with van der Waals surface area (Å²) in [5.74, 6) is -2.38. The topological polar surface area (TPSA) is 71.0 Å². The second-order valence-electron chi connectivity index (χ2n) is 6.78. The maximum atomic E-state index is 13.6. The molecule has 0 bridgehead atoms. The normalized spacial score (nSPS) is 17.5. The number of fused-ring (bicyclic) bond motifs is 2. The number of nitrogens with zero attached hydrogens (tertiary/aromatic N) is 4. The SMILES string of the molecule is CC(=O)Nc1cc2c(cn1)C1(CC1)CN2c1cc(C(C)(F)F)ncn1. The predicted molar refractivity (Wildman–Crippen MR) is 88.1 cm³/mol. The summed E-state index contributed by atoms with van der Waals surface area (Å²) < 4.78 is 27.2. The van der Waals surface area contributed by atoms with Gasteiger partial charge in [0.2, 0.25) is 5.91 Å². The van der Waals surface area contributed by atoms with Crippen molar-refractivity contribution in [1.82, 2.24) is 15.0 Å². The molecule has 0 aromatic carbocycles. The smallest absolute Gasteiger partial charge is 0.287 e. The van der Waals surface area contributed by atoms with Crippen LogP contribution in [-0.2, 0) is 16.1 Å². The highest BCUT2D eigenvalue weighted by atomic mass is 19.3. The Kier molecular flexibility index (Phi) is 3.28. The minimum Gasteiger partial charge on any atom is -0.325 e. The fourth-order valence-electron chi connectivity index (χ4n) is 3.32. The number of hydrogen-bond donors (Lipinski definition) is 1. The Labute approximate surface area is 143 Å². The van der Waals surface area contributed by atoms with E-state index in [0.717, 1.165) is 37.3 Å². The van der Waals surface area contributed by atoms with E-state index in [1.165, 1.54) is 13.0 Å². The fourth-order valence-corrected chi connectivity index (χ4v) is 3.32. The molecule has 0 radical (unpaired) electrons. The van der Waals surface area contributed by atoms with Crippen molar-refractivity contribution in [2.24, 2.45) is 0 Å². The molecule has 0 saturated heterocycles. The van der Waals surface area contributed by atoms with Crippen LogP contribution in [0.1, 0.15) is 37.9 Å². The third kappa shape index (κ3) is 2.71. The van der Waals surface area contributed by atoms with Crippen LogP contribution in [0.5, 0.6) is 0 Å². The monoisotopic (exact) mass is 345 g/mol. The third-order valence-electron chi connectivity index (χ3n) is 4.74. The molecule has 1 fully saturated rings. The first-order valence-electron chi connectivity index (χ1n) is 8.04. The maximum Gasteiger partial charge on any atom is 0.287 e. The molecule has 8 heteroatoms. The van der Waals surface area contributed by atoms with Crippen LogP contribution in [0.4, 0.5) is 26.1 Å². The zero-order chi connectivity index (χ0) is 17.8. The third-order valence-corrected chi connectivity index (χ3v) is 4.74. The van der Waals surface area contributed by atoms with Gasteiger partial charge in [0.1, 0.15) is 23.7 Å². The second kappa shape index (κ2) is 5.18. The Morgan fingerprint density at radius 2 is 2.04 bits per heavy atom. The number of anilines is 3. The molecule has 1 amide bonds. The Morgan fingerprint density at radius 3 is 2.68 bits per heavy atom. The first-order chi connectivity index (χ1) is 11.8. The molecule has 1 aliphatic heterocycles. The van der Waals surface area contributed by atoms with Crippen molar-refractivity contribution in [1.29, 1.82) is 0 Å². The number of aromatic nitrogens is 3. The van der Waals surface area contributed by atoms with Gasteiger partial charge >= 0.3 is 0 Å². The quantitative estimate of drug-likeness (QED) is 0.925. The van der Waals surface area contributed by atoms with Gasteiger partial charge in [-0.2, -0.15) is 8.78 Å². The van der Waals surface area contributed by atoms with Gasteiger partial charge in [-0.25, -0.2) is 15.0 Å². The van der Waals surface area contributed by atoms with E-state index in [0.29, 0.717) is 18.2 Å². The van der Waals surface area contributed by atoms with Gasteiger partial charge in [-0.1, -0.05) is 0 Å². The van der Waals surface area contributed by atoms with Crippen molar-refractivity contribution in [3.05, 3.63) is 35.9 Å². The van der Waals surface area contributed by atoms with Crippen LogP contribution >= 0.6 is 0 Å². The van der Waals surface area contributed by atoms with E-state index in [-0.39, 0.29) is 17.0 Å². The van der Waals surface area contributed by atoms with Gasteiger partial charge in [-0.3, -0.25) is 4.79 Å². The number of rotatable bonds is 3. The Bertz CT molecular complexity index is 860. The number of alkyl halides is 2. The highest BCUT2D eigenvalue weighted by Gasteiger charge is 2.52. The van der Waals surface area contributed by atoms with Gasteiger partial charge in [0.25, 0.3) is 5.92 Å². The minimum atomic E-state index is -3.03. The Morgan fingerprint density at radius 1 is 1.28 bits per heavy atom. The summed E-state index contributed by atoms with van der Waals surface area (Å²) >= 11 is 0. The molecule has 1 aliphatic carbocycles. The molecule has 2 aromatic heterocycles. The van der Waals surface area contributed by atoms with Crippen LogP contribution in [-0.4, -0.2) is 27.4 Å². The first-order valence-corrected chi connectivity index (χ1v) is 8.04. The molecule has 4 rings (SSSR count). The molecule has 3 heterocycles. The van der Waals surface area contributed by atoms with Crippen molar-refractivity contribution in [2.75, 3.05) is 16.8 Å². The molecule has 130 valence electrons. The molecule has 25 heavy (non-hydrogen) atoms. The van der Waals surface area contributed by atoms with Gasteiger partial charge in [0.15, 0.2) is 0 Å². The number of carbonyl (C=O) groups is 1. The van der Waals surface area contributed by atoms with Crippen LogP contribution in [0.2, 0.25) is 0 Å². The summed E-state index contributed by atoms with van der Waals surface area (Å²) in [7, 11) is 0. The highest BCUT2D eigenvalue weighted by Crippen LogP contribution is 2.58. The molecule has 2 aromatic rings. The van der Waals surface area contributed by atoms with Crippen LogP contribution < -0.4 is 10.2 Å². The van der Waals surface area contributed by atoms with Crippen LogP contribution in [0.25, 0.3) is 0 Å². The first kappa shape index (κ1) is 15.9. The molecular formula is C17H17F2N5O. The molecular weight excluding hydrogens is 328 g/mol. The number of pyridine rings is 1. The summed E-state index contributed by atoms with van der Waals surface area (Å²) in [6.07, 6.45) is 4.98. The zero-order valence-electron chi connectivity index (χ0n) is 13.9. The lowest BCUT2D eigenvalue weighted by atomic mass is 10.0. The zero-order valence-corrected chi connectivity index (χ0v) is 13.9. The molecule has 1 spiro atoms. The number of halogens is 2. The lowest BCUT2D eigenvalue weighted by molar-refractivity contribution is -0.114. The predicted octanol–water partition coefficient (Wildman–Crippen LogP) is 3.13. The van der Waals surface area contributed by atoms with Gasteiger partial charge < -0.3 is 10.2 Å². The molecule has 2 aliphatic rings. The minimum absolute atomic E-state index is 0.0108. The van der Waals surface area contributed by atoms with Crippen LogP contribution in [0, 0.1) is 0 Å². The van der Waals surface area contributed by atoms with Crippen LogP contribution in [0.15, 0.2) is 24.7 Å². The van der Waals surface area contributed by atoms with Gasteiger partial charge in [-0.15, -0.1) is 0 Å². The van der Waals surface area contributed by atoms with Crippen molar-refractivity contribution in [3.8, 4) is 0 Å². The number of nitrogens with one attached hydrogen (secondary N) is 1. The molecule has 0 unspecified atom stereocenters. The maximum absolute atomic E-state index is 13.6. The lowest BCUT2D eigenvalue weighted by Gasteiger charge is -2.20. The van der Waals surface area contributed by atoms with Gasteiger partial charge in [0, 0.05) is 49.7 Å². The average molecular weight is 345 g/mol. The van der Waals surface area contributed by atoms with Crippen molar-refractivity contribution < 1.29 is 13.6 Å². The summed E-state index contributed by atoms with van der Waals surface area (Å²) in [4.78, 5) is 25.4. The number of carbonyl (C=O) groups excluding carboxylic acids is 1. The number of hydrogen-bond acceptors (Lipinski definition) is 5. The Hall–Kier alpha value is -2.64. The van der Waals surface area contributed by atoms with Gasteiger partial charge in [-0.05, 0) is 12.8 Å². The van der Waals surface area contributed by atoms with Crippen molar-refractivity contribution >= 4 is 23.2 Å². The van der Waals surface area contributed by atoms with E-state index < -0.39 is 5.92 Å². The van der Waals surface area contributed by atoms with E-state index >= 15 is 0 Å². The Balaban J connectivity index is 1.77. The van der Waals surface area contributed by atoms with E-state index in [1.54, 1.807) is 12.3 Å².